The highest BCUT2D eigenvalue weighted by molar-refractivity contribution is 7.13. The molecule has 0 spiro atoms. The van der Waals surface area contributed by atoms with Gasteiger partial charge in [-0.05, 0) is 36.6 Å². The number of nitrogens with one attached hydrogen (secondary N) is 1. The van der Waals surface area contributed by atoms with E-state index in [0.717, 1.165) is 16.3 Å². The molecule has 4 rings (SSSR count). The second kappa shape index (κ2) is 6.60. The summed E-state index contributed by atoms with van der Waals surface area (Å²) in [4.78, 5) is 17.8. The highest BCUT2D eigenvalue weighted by Crippen LogP contribution is 2.32. The van der Waals surface area contributed by atoms with Gasteiger partial charge in [-0.25, -0.2) is 4.98 Å². The Kier molecular flexibility index (Phi) is 4.15. The molecular weight excluding hydrogens is 340 g/mol. The van der Waals surface area contributed by atoms with Gasteiger partial charge in [0, 0.05) is 18.5 Å². The molecule has 3 aromatic rings. The fourth-order valence-corrected chi connectivity index (χ4v) is 3.25. The summed E-state index contributed by atoms with van der Waals surface area (Å²) in [6.45, 7) is 2.56. The molecule has 2 aromatic heterocycles. The number of hydrogen-bond donors (Lipinski definition) is 1. The predicted octanol–water partition coefficient (Wildman–Crippen LogP) is 3.41. The van der Waals surface area contributed by atoms with Crippen molar-refractivity contribution in [2.75, 3.05) is 13.3 Å². The minimum absolute atomic E-state index is 0.155. The summed E-state index contributed by atoms with van der Waals surface area (Å²) >= 11 is 1.59. The van der Waals surface area contributed by atoms with Gasteiger partial charge in [0.25, 0.3) is 5.91 Å². The first kappa shape index (κ1) is 15.7. The van der Waals surface area contributed by atoms with E-state index >= 15 is 0 Å². The Hall–Kier alpha value is -2.80. The number of nitrogens with zero attached hydrogens (tertiary/aromatic N) is 1. The van der Waals surface area contributed by atoms with Gasteiger partial charge in [-0.15, -0.1) is 11.3 Å². The predicted molar refractivity (Wildman–Crippen MR) is 93.2 cm³/mol. The van der Waals surface area contributed by atoms with E-state index in [1.807, 2.05) is 24.4 Å². The molecule has 0 fully saturated rings. The standard InChI is InChI=1S/C18H16N2O4S/c1-11-13(20-18(24-11)16-3-2-8-25-16)6-7-19-17(21)12-4-5-14-15(9-12)23-10-22-14/h2-5,8-9H,6-7,10H2,1H3,(H,19,21). The van der Waals surface area contributed by atoms with E-state index in [9.17, 15) is 4.79 Å². The van der Waals surface area contributed by atoms with Gasteiger partial charge in [-0.3, -0.25) is 4.79 Å². The minimum Gasteiger partial charge on any atom is -0.454 e. The Balaban J connectivity index is 1.37. The molecule has 6 nitrogen and oxygen atoms in total. The first-order valence-electron chi connectivity index (χ1n) is 7.89. The summed E-state index contributed by atoms with van der Waals surface area (Å²) in [5, 5.41) is 4.88. The number of aromatic nitrogens is 1. The number of fused-ring (bicyclic) bond motifs is 1. The number of ether oxygens (including phenoxy) is 2. The number of aryl methyl sites for hydroxylation is 1. The second-order valence-electron chi connectivity index (χ2n) is 5.57. The molecule has 3 heterocycles. The zero-order valence-electron chi connectivity index (χ0n) is 13.6. The van der Waals surface area contributed by atoms with Crippen molar-refractivity contribution in [3.8, 4) is 22.3 Å². The maximum Gasteiger partial charge on any atom is 0.251 e. The lowest BCUT2D eigenvalue weighted by Gasteiger charge is -2.05. The zero-order chi connectivity index (χ0) is 17.2. The number of thiophene rings is 1. The molecule has 0 atom stereocenters. The molecule has 0 bridgehead atoms. The third-order valence-corrected chi connectivity index (χ3v) is 4.76. The van der Waals surface area contributed by atoms with Crippen LogP contribution in [0.2, 0.25) is 0 Å². The number of carbonyl (C=O) groups excluding carboxylic acids is 1. The van der Waals surface area contributed by atoms with Crippen LogP contribution in [-0.2, 0) is 6.42 Å². The van der Waals surface area contributed by atoms with Gasteiger partial charge in [0.1, 0.15) is 5.76 Å². The Morgan fingerprint density at radius 2 is 2.16 bits per heavy atom. The van der Waals surface area contributed by atoms with E-state index in [1.54, 1.807) is 29.5 Å². The average molecular weight is 356 g/mol. The zero-order valence-corrected chi connectivity index (χ0v) is 14.4. The van der Waals surface area contributed by atoms with Gasteiger partial charge < -0.3 is 19.2 Å². The Morgan fingerprint density at radius 1 is 1.28 bits per heavy atom. The van der Waals surface area contributed by atoms with Crippen LogP contribution in [-0.4, -0.2) is 24.2 Å². The molecule has 0 saturated carbocycles. The molecule has 7 heteroatoms. The van der Waals surface area contributed by atoms with Gasteiger partial charge in [-0.1, -0.05) is 6.07 Å². The third kappa shape index (κ3) is 3.23. The van der Waals surface area contributed by atoms with Crippen LogP contribution >= 0.6 is 11.3 Å². The number of oxazole rings is 1. The SMILES string of the molecule is Cc1oc(-c2cccs2)nc1CCNC(=O)c1ccc2c(c1)OCO2. The lowest BCUT2D eigenvalue weighted by molar-refractivity contribution is 0.0953. The van der Waals surface area contributed by atoms with Gasteiger partial charge in [0.15, 0.2) is 11.5 Å². The molecule has 0 saturated heterocycles. The minimum atomic E-state index is -0.155. The molecule has 0 aliphatic carbocycles. The molecule has 1 aliphatic rings. The lowest BCUT2D eigenvalue weighted by atomic mass is 10.2. The molecule has 1 aromatic carbocycles. The summed E-state index contributed by atoms with van der Waals surface area (Å²) in [7, 11) is 0. The summed E-state index contributed by atoms with van der Waals surface area (Å²) in [5.74, 6) is 2.51. The fraction of sp³-hybridized carbons (Fsp3) is 0.222. The normalized spacial score (nSPS) is 12.4. The van der Waals surface area contributed by atoms with Crippen LogP contribution in [0.3, 0.4) is 0 Å². The van der Waals surface area contributed by atoms with Gasteiger partial charge in [0.2, 0.25) is 12.7 Å². The highest BCUT2D eigenvalue weighted by atomic mass is 32.1. The Bertz CT molecular complexity index is 902. The second-order valence-corrected chi connectivity index (χ2v) is 6.52. The molecule has 1 N–H and O–H groups in total. The molecule has 25 heavy (non-hydrogen) atoms. The smallest absolute Gasteiger partial charge is 0.251 e. The van der Waals surface area contributed by atoms with Crippen LogP contribution in [0.5, 0.6) is 11.5 Å². The molecule has 128 valence electrons. The van der Waals surface area contributed by atoms with Crippen molar-refractivity contribution >= 4 is 17.2 Å². The van der Waals surface area contributed by atoms with E-state index in [0.29, 0.717) is 35.9 Å². The van der Waals surface area contributed by atoms with E-state index in [2.05, 4.69) is 10.3 Å². The van der Waals surface area contributed by atoms with E-state index in [1.165, 1.54) is 0 Å². The molecular formula is C18H16N2O4S. The van der Waals surface area contributed by atoms with E-state index in [-0.39, 0.29) is 12.7 Å². The topological polar surface area (TPSA) is 73.6 Å². The van der Waals surface area contributed by atoms with Crippen LogP contribution in [0, 0.1) is 6.92 Å². The van der Waals surface area contributed by atoms with Crippen molar-refractivity contribution in [2.45, 2.75) is 13.3 Å². The van der Waals surface area contributed by atoms with Crippen LogP contribution < -0.4 is 14.8 Å². The number of amides is 1. The summed E-state index contributed by atoms with van der Waals surface area (Å²) in [6.07, 6.45) is 0.608. The first-order chi connectivity index (χ1) is 12.2. The van der Waals surface area contributed by atoms with Crippen LogP contribution in [0.25, 0.3) is 10.8 Å². The van der Waals surface area contributed by atoms with Gasteiger partial charge >= 0.3 is 0 Å². The number of benzene rings is 1. The Labute approximate surface area is 148 Å². The fourth-order valence-electron chi connectivity index (χ4n) is 2.60. The van der Waals surface area contributed by atoms with Crippen LogP contribution in [0.4, 0.5) is 0 Å². The van der Waals surface area contributed by atoms with Crippen LogP contribution in [0.15, 0.2) is 40.1 Å². The van der Waals surface area contributed by atoms with Gasteiger partial charge in [-0.2, -0.15) is 0 Å². The third-order valence-electron chi connectivity index (χ3n) is 3.91. The number of rotatable bonds is 5. The highest BCUT2D eigenvalue weighted by Gasteiger charge is 2.16. The summed E-state index contributed by atoms with van der Waals surface area (Å²) in [5.41, 5.74) is 1.40. The molecule has 1 amide bonds. The van der Waals surface area contributed by atoms with Crippen molar-refractivity contribution in [3.05, 3.63) is 52.7 Å². The lowest BCUT2D eigenvalue weighted by Crippen LogP contribution is -2.25. The number of carbonyl (C=O) groups is 1. The first-order valence-corrected chi connectivity index (χ1v) is 8.77. The van der Waals surface area contributed by atoms with Crippen LogP contribution in [0.1, 0.15) is 21.8 Å². The van der Waals surface area contributed by atoms with Crippen molar-refractivity contribution in [3.63, 3.8) is 0 Å². The molecule has 0 radical (unpaired) electrons. The van der Waals surface area contributed by atoms with Crippen molar-refractivity contribution in [1.29, 1.82) is 0 Å². The van der Waals surface area contributed by atoms with Crippen molar-refractivity contribution in [1.82, 2.24) is 10.3 Å². The monoisotopic (exact) mass is 356 g/mol. The molecule has 0 unspecified atom stereocenters. The maximum absolute atomic E-state index is 12.3. The van der Waals surface area contributed by atoms with Gasteiger partial charge in [0.05, 0.1) is 10.6 Å². The summed E-state index contributed by atoms with van der Waals surface area (Å²) < 4.78 is 16.2. The average Bonchev–Trinajstić information content (AvgIpc) is 3.35. The van der Waals surface area contributed by atoms with E-state index in [4.69, 9.17) is 13.9 Å². The van der Waals surface area contributed by atoms with E-state index < -0.39 is 0 Å². The van der Waals surface area contributed by atoms with Crippen molar-refractivity contribution in [2.24, 2.45) is 0 Å². The Morgan fingerprint density at radius 3 is 3.00 bits per heavy atom. The van der Waals surface area contributed by atoms with Crippen molar-refractivity contribution < 1.29 is 18.7 Å². The quantitative estimate of drug-likeness (QED) is 0.758. The largest absolute Gasteiger partial charge is 0.454 e. The summed E-state index contributed by atoms with van der Waals surface area (Å²) in [6, 6.07) is 9.09. The maximum atomic E-state index is 12.3. The molecule has 1 aliphatic heterocycles. The number of hydrogen-bond acceptors (Lipinski definition) is 6.